The van der Waals surface area contributed by atoms with Crippen LogP contribution in [0.5, 0.6) is 11.5 Å². The SMILES string of the molecule is COc1ccc(NS(=O)(=O)c2cccc(C(=O)NCC(O)COc3cccc(C)c3)c2)cc1. The number of hydrogen-bond acceptors (Lipinski definition) is 6. The minimum atomic E-state index is -3.90. The summed E-state index contributed by atoms with van der Waals surface area (Å²) in [7, 11) is -2.38. The number of aliphatic hydroxyl groups is 1. The molecule has 0 radical (unpaired) electrons. The summed E-state index contributed by atoms with van der Waals surface area (Å²) in [6.45, 7) is 1.89. The van der Waals surface area contributed by atoms with Crippen molar-refractivity contribution in [1.29, 1.82) is 0 Å². The van der Waals surface area contributed by atoms with Crippen molar-refractivity contribution in [3.63, 3.8) is 0 Å². The molecule has 8 nitrogen and oxygen atoms in total. The van der Waals surface area contributed by atoms with Crippen LogP contribution in [0.2, 0.25) is 0 Å². The Balaban J connectivity index is 1.57. The number of hydrogen-bond donors (Lipinski definition) is 3. The predicted octanol–water partition coefficient (Wildman–Crippen LogP) is 2.97. The molecule has 0 bridgehead atoms. The maximum atomic E-state index is 12.7. The lowest BCUT2D eigenvalue weighted by Gasteiger charge is -2.14. The van der Waals surface area contributed by atoms with E-state index in [1.165, 1.54) is 31.4 Å². The molecule has 0 aliphatic rings. The number of methoxy groups -OCH3 is 1. The van der Waals surface area contributed by atoms with Crippen LogP contribution in [0, 0.1) is 6.92 Å². The highest BCUT2D eigenvalue weighted by atomic mass is 32.2. The summed E-state index contributed by atoms with van der Waals surface area (Å²) in [6.07, 6.45) is -0.932. The highest BCUT2D eigenvalue weighted by molar-refractivity contribution is 7.92. The molecule has 0 saturated carbocycles. The number of benzene rings is 3. The number of ether oxygens (including phenoxy) is 2. The van der Waals surface area contributed by atoms with Crippen LogP contribution in [0.3, 0.4) is 0 Å². The quantitative estimate of drug-likeness (QED) is 0.420. The van der Waals surface area contributed by atoms with Gasteiger partial charge >= 0.3 is 0 Å². The second-order valence-corrected chi connectivity index (χ2v) is 9.04. The Labute approximate surface area is 193 Å². The molecule has 3 aromatic rings. The van der Waals surface area contributed by atoms with Crippen LogP contribution in [-0.2, 0) is 10.0 Å². The molecule has 0 aliphatic carbocycles. The summed E-state index contributed by atoms with van der Waals surface area (Å²) >= 11 is 0. The molecule has 3 N–H and O–H groups in total. The van der Waals surface area contributed by atoms with E-state index < -0.39 is 22.0 Å². The molecule has 3 rings (SSSR count). The van der Waals surface area contributed by atoms with E-state index in [1.807, 2.05) is 25.1 Å². The fourth-order valence-corrected chi connectivity index (χ4v) is 4.05. The second kappa shape index (κ2) is 10.8. The van der Waals surface area contributed by atoms with Gasteiger partial charge in [0.1, 0.15) is 24.2 Å². The summed E-state index contributed by atoms with van der Waals surface area (Å²) in [4.78, 5) is 12.4. The molecule has 0 fully saturated rings. The number of anilines is 1. The highest BCUT2D eigenvalue weighted by Crippen LogP contribution is 2.20. The van der Waals surface area contributed by atoms with Gasteiger partial charge in [-0.2, -0.15) is 0 Å². The molecule has 1 amide bonds. The Kier molecular flexibility index (Phi) is 7.92. The molecule has 3 aromatic carbocycles. The molecule has 1 unspecified atom stereocenters. The Morgan fingerprint density at radius 3 is 2.42 bits per heavy atom. The summed E-state index contributed by atoms with van der Waals surface area (Å²) in [5.41, 5.74) is 1.55. The van der Waals surface area contributed by atoms with E-state index >= 15 is 0 Å². The average Bonchev–Trinajstić information content (AvgIpc) is 2.81. The van der Waals surface area contributed by atoms with Gasteiger partial charge in [-0.25, -0.2) is 8.42 Å². The van der Waals surface area contributed by atoms with Crippen LogP contribution >= 0.6 is 0 Å². The average molecular weight is 471 g/mol. The van der Waals surface area contributed by atoms with Crippen LogP contribution in [0.4, 0.5) is 5.69 Å². The molecule has 0 aliphatic heterocycles. The standard InChI is InChI=1S/C24H26N2O6S/c1-17-5-3-7-22(13-17)32-16-20(27)15-25-24(28)18-6-4-8-23(14-18)33(29,30)26-19-9-11-21(31-2)12-10-19/h3-14,20,26-27H,15-16H2,1-2H3,(H,25,28). The lowest BCUT2D eigenvalue weighted by atomic mass is 10.2. The first-order valence-corrected chi connectivity index (χ1v) is 11.7. The number of rotatable bonds is 10. The molecule has 0 saturated heterocycles. The predicted molar refractivity (Wildman–Crippen MR) is 125 cm³/mol. The fraction of sp³-hybridized carbons (Fsp3) is 0.208. The van der Waals surface area contributed by atoms with Crippen molar-refractivity contribution in [3.8, 4) is 11.5 Å². The minimum Gasteiger partial charge on any atom is -0.497 e. The Morgan fingerprint density at radius 1 is 1.00 bits per heavy atom. The van der Waals surface area contributed by atoms with E-state index in [-0.39, 0.29) is 23.6 Å². The molecular weight excluding hydrogens is 444 g/mol. The van der Waals surface area contributed by atoms with Gasteiger partial charge in [0.15, 0.2) is 0 Å². The van der Waals surface area contributed by atoms with E-state index in [4.69, 9.17) is 9.47 Å². The van der Waals surface area contributed by atoms with Gasteiger partial charge in [0.25, 0.3) is 15.9 Å². The largest absolute Gasteiger partial charge is 0.497 e. The third-order valence-electron chi connectivity index (χ3n) is 4.68. The number of aryl methyl sites for hydroxylation is 1. The zero-order valence-electron chi connectivity index (χ0n) is 18.3. The van der Waals surface area contributed by atoms with Gasteiger partial charge < -0.3 is 19.9 Å². The maximum absolute atomic E-state index is 12.7. The summed E-state index contributed by atoms with van der Waals surface area (Å²) in [6, 6.07) is 19.5. The van der Waals surface area contributed by atoms with Crippen molar-refractivity contribution in [1.82, 2.24) is 5.32 Å². The molecule has 0 spiro atoms. The first-order chi connectivity index (χ1) is 15.8. The van der Waals surface area contributed by atoms with Crippen LogP contribution in [-0.4, -0.2) is 45.8 Å². The topological polar surface area (TPSA) is 114 Å². The Hall–Kier alpha value is -3.56. The fourth-order valence-electron chi connectivity index (χ4n) is 2.95. The summed E-state index contributed by atoms with van der Waals surface area (Å²) < 4.78 is 38.5. The molecule has 174 valence electrons. The van der Waals surface area contributed by atoms with Gasteiger partial charge in [0, 0.05) is 17.8 Å². The van der Waals surface area contributed by atoms with Crippen LogP contribution in [0.1, 0.15) is 15.9 Å². The van der Waals surface area contributed by atoms with E-state index in [0.717, 1.165) is 5.56 Å². The number of carbonyl (C=O) groups is 1. The van der Waals surface area contributed by atoms with Crippen LogP contribution in [0.25, 0.3) is 0 Å². The van der Waals surface area contributed by atoms with Gasteiger partial charge in [-0.3, -0.25) is 9.52 Å². The monoisotopic (exact) mass is 470 g/mol. The van der Waals surface area contributed by atoms with Crippen molar-refractivity contribution >= 4 is 21.6 Å². The van der Waals surface area contributed by atoms with Crippen molar-refractivity contribution in [3.05, 3.63) is 83.9 Å². The van der Waals surface area contributed by atoms with E-state index in [0.29, 0.717) is 17.2 Å². The van der Waals surface area contributed by atoms with E-state index in [9.17, 15) is 18.3 Å². The number of amides is 1. The van der Waals surface area contributed by atoms with Crippen molar-refractivity contribution in [2.45, 2.75) is 17.9 Å². The summed E-state index contributed by atoms with van der Waals surface area (Å²) in [5, 5.41) is 12.7. The smallest absolute Gasteiger partial charge is 0.261 e. The molecular formula is C24H26N2O6S. The zero-order chi connectivity index (χ0) is 23.8. The Bertz CT molecular complexity index is 1200. The first-order valence-electron chi connectivity index (χ1n) is 10.2. The lowest BCUT2D eigenvalue weighted by Crippen LogP contribution is -2.35. The summed E-state index contributed by atoms with van der Waals surface area (Å²) in [5.74, 6) is 0.719. The van der Waals surface area contributed by atoms with Crippen molar-refractivity contribution in [2.75, 3.05) is 25.0 Å². The van der Waals surface area contributed by atoms with Crippen molar-refractivity contribution in [2.24, 2.45) is 0 Å². The third-order valence-corrected chi connectivity index (χ3v) is 6.06. The molecule has 9 heteroatoms. The van der Waals surface area contributed by atoms with Gasteiger partial charge in [0.2, 0.25) is 0 Å². The molecule has 33 heavy (non-hydrogen) atoms. The minimum absolute atomic E-state index is 0.00390. The Morgan fingerprint density at radius 2 is 1.73 bits per heavy atom. The van der Waals surface area contributed by atoms with E-state index in [2.05, 4.69) is 10.0 Å². The molecule has 0 aromatic heterocycles. The maximum Gasteiger partial charge on any atom is 0.261 e. The van der Waals surface area contributed by atoms with E-state index in [1.54, 1.807) is 30.3 Å². The zero-order valence-corrected chi connectivity index (χ0v) is 19.1. The lowest BCUT2D eigenvalue weighted by molar-refractivity contribution is 0.0843. The normalized spacial score (nSPS) is 12.0. The molecule has 1 atom stereocenters. The number of carbonyl (C=O) groups excluding carboxylic acids is 1. The number of aliphatic hydroxyl groups excluding tert-OH is 1. The molecule has 0 heterocycles. The van der Waals surface area contributed by atoms with Gasteiger partial charge in [0.05, 0.1) is 12.0 Å². The highest BCUT2D eigenvalue weighted by Gasteiger charge is 2.17. The van der Waals surface area contributed by atoms with Gasteiger partial charge in [-0.15, -0.1) is 0 Å². The van der Waals surface area contributed by atoms with Crippen LogP contribution < -0.4 is 19.5 Å². The van der Waals surface area contributed by atoms with Crippen LogP contribution in [0.15, 0.2) is 77.7 Å². The number of sulfonamides is 1. The van der Waals surface area contributed by atoms with Gasteiger partial charge in [-0.05, 0) is 67.1 Å². The third kappa shape index (κ3) is 6.96. The van der Waals surface area contributed by atoms with Gasteiger partial charge in [-0.1, -0.05) is 18.2 Å². The van der Waals surface area contributed by atoms with Crippen molar-refractivity contribution < 1.29 is 27.8 Å². The number of nitrogens with one attached hydrogen (secondary N) is 2. The second-order valence-electron chi connectivity index (χ2n) is 7.35. The first kappa shape index (κ1) is 24.1.